The number of hydrogen-bond acceptors (Lipinski definition) is 3. The molecule has 0 amide bonds. The maximum Gasteiger partial charge on any atom is 0.499 e. The minimum atomic E-state index is -5.77. The van der Waals surface area contributed by atoms with Gasteiger partial charge in [0.2, 0.25) is 0 Å². The molecule has 1 aromatic carbocycles. The summed E-state index contributed by atoms with van der Waals surface area (Å²) < 4.78 is 66.3. The lowest BCUT2D eigenvalue weighted by molar-refractivity contribution is -0.376. The third-order valence-electron chi connectivity index (χ3n) is 2.36. The average molecular weight is 294 g/mol. The second-order valence-electron chi connectivity index (χ2n) is 3.97. The summed E-state index contributed by atoms with van der Waals surface area (Å²) in [6.07, 6.45) is -9.84. The Morgan fingerprint density at radius 2 is 1.70 bits per heavy atom. The number of benzene rings is 1. The summed E-state index contributed by atoms with van der Waals surface area (Å²) in [6.45, 7) is 1.73. The third kappa shape index (κ3) is 2.91. The van der Waals surface area contributed by atoms with Crippen LogP contribution in [-0.2, 0) is 0 Å². The van der Waals surface area contributed by atoms with E-state index in [1.54, 1.807) is 6.92 Å². The number of rotatable bonds is 3. The fourth-order valence-corrected chi connectivity index (χ4v) is 1.41. The van der Waals surface area contributed by atoms with Crippen LogP contribution in [0.2, 0.25) is 0 Å². The van der Waals surface area contributed by atoms with E-state index in [1.807, 2.05) is 0 Å². The highest BCUT2D eigenvalue weighted by Gasteiger charge is 2.61. The SMILES string of the molecule is CC1N=C[N+](c2ccc(OC(F)(F)C(F)(F)F)cc2)=N1. The molecule has 2 rings (SSSR count). The van der Waals surface area contributed by atoms with E-state index in [4.69, 9.17) is 0 Å². The average Bonchev–Trinajstić information content (AvgIpc) is 2.75. The molecule has 0 saturated heterocycles. The standard InChI is InChI=1S/C11H9F5N3O/c1-7-17-6-19(18-7)8-2-4-9(5-3-8)20-11(15,16)10(12,13)14/h2-7H,1H3/q+1. The minimum Gasteiger partial charge on any atom is -0.426 e. The van der Waals surface area contributed by atoms with Crippen LogP contribution in [0.1, 0.15) is 6.92 Å². The number of hydrogen-bond donors (Lipinski definition) is 0. The number of aliphatic imine (C=N–C) groups is 1. The van der Waals surface area contributed by atoms with Crippen LogP contribution < -0.4 is 4.74 Å². The van der Waals surface area contributed by atoms with Gasteiger partial charge in [0.1, 0.15) is 5.75 Å². The Kier molecular flexibility index (Phi) is 3.45. The number of azo groups is 2. The van der Waals surface area contributed by atoms with Gasteiger partial charge in [-0.3, -0.25) is 0 Å². The van der Waals surface area contributed by atoms with Gasteiger partial charge in [-0.15, -0.1) is 4.70 Å². The Labute approximate surface area is 110 Å². The number of ether oxygens (including phenoxy) is 1. The molecular weight excluding hydrogens is 285 g/mol. The second kappa shape index (κ2) is 4.80. The highest BCUT2D eigenvalue weighted by Crippen LogP contribution is 2.37. The summed E-state index contributed by atoms with van der Waals surface area (Å²) in [7, 11) is 0. The monoisotopic (exact) mass is 294 g/mol. The molecular formula is C11H9F5N3O+. The van der Waals surface area contributed by atoms with Crippen molar-refractivity contribution in [3.63, 3.8) is 0 Å². The van der Waals surface area contributed by atoms with Gasteiger partial charge in [0.05, 0.1) is 0 Å². The molecule has 1 aliphatic rings. The lowest BCUT2D eigenvalue weighted by Crippen LogP contribution is -2.41. The molecule has 0 bridgehead atoms. The predicted octanol–water partition coefficient (Wildman–Crippen LogP) is 3.70. The van der Waals surface area contributed by atoms with Gasteiger partial charge in [-0.05, 0) is 24.3 Å². The highest BCUT2D eigenvalue weighted by atomic mass is 19.4. The zero-order valence-corrected chi connectivity index (χ0v) is 10.1. The van der Waals surface area contributed by atoms with E-state index in [9.17, 15) is 22.0 Å². The van der Waals surface area contributed by atoms with E-state index in [0.29, 0.717) is 5.69 Å². The fourth-order valence-electron chi connectivity index (χ4n) is 1.41. The summed E-state index contributed by atoms with van der Waals surface area (Å²) in [6, 6.07) is 4.60. The first kappa shape index (κ1) is 14.4. The van der Waals surface area contributed by atoms with E-state index in [1.165, 1.54) is 23.2 Å². The van der Waals surface area contributed by atoms with Crippen LogP contribution in [0.15, 0.2) is 34.4 Å². The quantitative estimate of drug-likeness (QED) is 0.618. The molecule has 4 nitrogen and oxygen atoms in total. The van der Waals surface area contributed by atoms with Gasteiger partial charge in [-0.1, -0.05) is 10.1 Å². The van der Waals surface area contributed by atoms with Gasteiger partial charge in [-0.25, -0.2) is 0 Å². The molecule has 1 heterocycles. The number of halogens is 5. The van der Waals surface area contributed by atoms with Crippen molar-refractivity contribution in [3.8, 4) is 5.75 Å². The van der Waals surface area contributed by atoms with E-state index in [0.717, 1.165) is 12.1 Å². The molecule has 0 radical (unpaired) electrons. The smallest absolute Gasteiger partial charge is 0.426 e. The van der Waals surface area contributed by atoms with E-state index in [2.05, 4.69) is 14.8 Å². The predicted molar refractivity (Wildman–Crippen MR) is 58.4 cm³/mol. The van der Waals surface area contributed by atoms with Gasteiger partial charge < -0.3 is 4.74 Å². The molecule has 9 heteroatoms. The maximum absolute atomic E-state index is 12.7. The fraction of sp³-hybridized carbons (Fsp3) is 0.364. The Hall–Kier alpha value is -2.06. The third-order valence-corrected chi connectivity index (χ3v) is 2.36. The highest BCUT2D eigenvalue weighted by molar-refractivity contribution is 5.51. The van der Waals surface area contributed by atoms with Crippen LogP contribution in [-0.4, -0.2) is 29.5 Å². The Balaban J connectivity index is 2.14. The molecule has 0 saturated carbocycles. The first-order chi connectivity index (χ1) is 9.19. The van der Waals surface area contributed by atoms with Gasteiger partial charge in [0.15, 0.2) is 5.69 Å². The molecule has 20 heavy (non-hydrogen) atoms. The summed E-state index contributed by atoms with van der Waals surface area (Å²) >= 11 is 0. The van der Waals surface area contributed by atoms with E-state index < -0.39 is 18.0 Å². The van der Waals surface area contributed by atoms with Gasteiger partial charge in [0.25, 0.3) is 6.17 Å². The van der Waals surface area contributed by atoms with Crippen molar-refractivity contribution in [2.24, 2.45) is 10.1 Å². The molecule has 0 aromatic heterocycles. The molecule has 1 unspecified atom stereocenters. The molecule has 0 aliphatic carbocycles. The zero-order valence-electron chi connectivity index (χ0n) is 10.1. The molecule has 1 aromatic rings. The minimum absolute atomic E-state index is 0.263. The number of nitrogens with zero attached hydrogens (tertiary/aromatic N) is 3. The summed E-state index contributed by atoms with van der Waals surface area (Å²) in [5.41, 5.74) is 0.473. The molecule has 0 spiro atoms. The van der Waals surface area contributed by atoms with Crippen molar-refractivity contribution in [1.82, 2.24) is 0 Å². The van der Waals surface area contributed by atoms with Crippen molar-refractivity contribution in [2.75, 3.05) is 0 Å². The molecule has 0 N–H and O–H groups in total. The van der Waals surface area contributed by atoms with Gasteiger partial charge in [-0.2, -0.15) is 22.0 Å². The first-order valence-electron chi connectivity index (χ1n) is 5.46. The van der Waals surface area contributed by atoms with E-state index in [-0.39, 0.29) is 6.17 Å². The van der Waals surface area contributed by atoms with Crippen LogP contribution in [0, 0.1) is 0 Å². The lowest BCUT2D eigenvalue weighted by atomic mass is 10.3. The summed E-state index contributed by atoms with van der Waals surface area (Å²) in [5.74, 6) is -0.597. The second-order valence-corrected chi connectivity index (χ2v) is 3.97. The molecule has 1 atom stereocenters. The Morgan fingerprint density at radius 1 is 1.10 bits per heavy atom. The maximum atomic E-state index is 12.7. The molecule has 1 aliphatic heterocycles. The Morgan fingerprint density at radius 3 is 2.15 bits per heavy atom. The van der Waals surface area contributed by atoms with Gasteiger partial charge >= 0.3 is 18.6 Å². The van der Waals surface area contributed by atoms with Crippen molar-refractivity contribution >= 4 is 12.0 Å². The van der Waals surface area contributed by atoms with Crippen LogP contribution in [0.25, 0.3) is 0 Å². The van der Waals surface area contributed by atoms with Crippen molar-refractivity contribution in [2.45, 2.75) is 25.4 Å². The molecule has 0 fully saturated rings. The zero-order chi connectivity index (χ0) is 15.0. The van der Waals surface area contributed by atoms with Gasteiger partial charge in [0, 0.05) is 6.92 Å². The van der Waals surface area contributed by atoms with Crippen molar-refractivity contribution < 1.29 is 31.4 Å². The Bertz CT molecular complexity index is 550. The van der Waals surface area contributed by atoms with Crippen molar-refractivity contribution in [3.05, 3.63) is 24.3 Å². The van der Waals surface area contributed by atoms with Crippen LogP contribution >= 0.6 is 0 Å². The summed E-state index contributed by atoms with van der Waals surface area (Å²) in [5, 5.41) is 4.04. The molecule has 108 valence electrons. The van der Waals surface area contributed by atoms with Crippen molar-refractivity contribution in [1.29, 1.82) is 0 Å². The first-order valence-corrected chi connectivity index (χ1v) is 5.46. The topological polar surface area (TPSA) is 37.0 Å². The normalized spacial score (nSPS) is 19.1. The van der Waals surface area contributed by atoms with E-state index >= 15 is 0 Å². The largest absolute Gasteiger partial charge is 0.499 e. The number of alkyl halides is 5. The van der Waals surface area contributed by atoms with Crippen LogP contribution in [0.5, 0.6) is 5.75 Å². The van der Waals surface area contributed by atoms with Crippen LogP contribution in [0.4, 0.5) is 27.6 Å². The van der Waals surface area contributed by atoms with Crippen LogP contribution in [0.3, 0.4) is 0 Å². The summed E-state index contributed by atoms with van der Waals surface area (Å²) in [4.78, 5) is 3.94. The lowest BCUT2D eigenvalue weighted by Gasteiger charge is -2.19.